The lowest BCUT2D eigenvalue weighted by molar-refractivity contribution is -0.110. The van der Waals surface area contributed by atoms with Gasteiger partial charge in [-0.15, -0.1) is 0 Å². The molecule has 1 aliphatic heterocycles. The Bertz CT molecular complexity index is 776. The molecule has 4 nitrogen and oxygen atoms in total. The first kappa shape index (κ1) is 18.1. The number of anilines is 1. The average molecular weight is 353 g/mol. The van der Waals surface area contributed by atoms with Crippen molar-refractivity contribution in [1.82, 2.24) is 5.01 Å². The molecule has 0 saturated carbocycles. The third kappa shape index (κ3) is 4.28. The summed E-state index contributed by atoms with van der Waals surface area (Å²) in [5, 5.41) is 9.26. The highest BCUT2D eigenvalue weighted by Crippen LogP contribution is 2.32. The van der Waals surface area contributed by atoms with E-state index >= 15 is 0 Å². The molecule has 5 heteroatoms. The van der Waals surface area contributed by atoms with Crippen LogP contribution >= 0.6 is 0 Å². The fourth-order valence-corrected chi connectivity index (χ4v) is 3.16. The van der Waals surface area contributed by atoms with Gasteiger partial charge in [-0.3, -0.25) is 9.80 Å². The van der Waals surface area contributed by atoms with Crippen LogP contribution in [0.5, 0.6) is 0 Å². The molecule has 0 saturated heterocycles. The number of benzene rings is 2. The maximum Gasteiger partial charge on any atom is 0.271 e. The molecular formula is C21H24FN3O. The van der Waals surface area contributed by atoms with Crippen molar-refractivity contribution < 1.29 is 9.18 Å². The van der Waals surface area contributed by atoms with Crippen LogP contribution in [0.3, 0.4) is 0 Å². The predicted molar refractivity (Wildman–Crippen MR) is 102 cm³/mol. The van der Waals surface area contributed by atoms with Gasteiger partial charge in [-0.05, 0) is 24.6 Å². The van der Waals surface area contributed by atoms with Gasteiger partial charge in [0.2, 0.25) is 0 Å². The molecule has 0 aromatic heterocycles. The van der Waals surface area contributed by atoms with E-state index in [2.05, 4.69) is 17.3 Å². The van der Waals surface area contributed by atoms with Crippen molar-refractivity contribution in [3.8, 4) is 0 Å². The van der Waals surface area contributed by atoms with Gasteiger partial charge < -0.3 is 5.32 Å². The fraction of sp³-hybridized carbons (Fsp3) is 0.333. The number of carbonyl (C=O) groups excluding carboxylic acids is 1. The van der Waals surface area contributed by atoms with E-state index in [1.807, 2.05) is 41.4 Å². The Morgan fingerprint density at radius 3 is 2.62 bits per heavy atom. The quantitative estimate of drug-likeness (QED) is 0.730. The van der Waals surface area contributed by atoms with Crippen LogP contribution in [0.25, 0.3) is 0 Å². The van der Waals surface area contributed by atoms with Gasteiger partial charge in [0.1, 0.15) is 11.5 Å². The molecular weight excluding hydrogens is 329 g/mol. The summed E-state index contributed by atoms with van der Waals surface area (Å²) in [4.78, 5) is 12.6. The fourth-order valence-electron chi connectivity index (χ4n) is 3.16. The minimum absolute atomic E-state index is 0.226. The Hall–Kier alpha value is -2.69. The van der Waals surface area contributed by atoms with E-state index in [-0.39, 0.29) is 17.8 Å². The van der Waals surface area contributed by atoms with Gasteiger partial charge in [0.15, 0.2) is 0 Å². The molecule has 2 aromatic rings. The summed E-state index contributed by atoms with van der Waals surface area (Å²) in [5.74, 6) is -0.478. The first-order valence-electron chi connectivity index (χ1n) is 9.14. The second-order valence-corrected chi connectivity index (χ2v) is 6.48. The van der Waals surface area contributed by atoms with Gasteiger partial charge in [0.25, 0.3) is 5.91 Å². The van der Waals surface area contributed by atoms with Crippen LogP contribution in [-0.4, -0.2) is 23.2 Å². The number of carbonyl (C=O) groups is 1. The topological polar surface area (TPSA) is 44.7 Å². The van der Waals surface area contributed by atoms with Crippen LogP contribution in [-0.2, 0) is 4.79 Å². The van der Waals surface area contributed by atoms with Crippen LogP contribution in [0.15, 0.2) is 59.7 Å². The highest BCUT2D eigenvalue weighted by atomic mass is 19.1. The van der Waals surface area contributed by atoms with Crippen molar-refractivity contribution >= 4 is 17.3 Å². The molecule has 136 valence electrons. The summed E-state index contributed by atoms with van der Waals surface area (Å²) in [7, 11) is 0. The number of rotatable bonds is 7. The summed E-state index contributed by atoms with van der Waals surface area (Å²) in [6.45, 7) is 2.86. The first-order valence-corrected chi connectivity index (χ1v) is 9.14. The Labute approximate surface area is 153 Å². The van der Waals surface area contributed by atoms with Gasteiger partial charge >= 0.3 is 0 Å². The maximum absolute atomic E-state index is 14.3. The number of nitrogens with one attached hydrogen (secondary N) is 1. The van der Waals surface area contributed by atoms with E-state index in [0.29, 0.717) is 17.7 Å². The Morgan fingerprint density at radius 1 is 1.15 bits per heavy atom. The van der Waals surface area contributed by atoms with Gasteiger partial charge in [-0.2, -0.15) is 5.10 Å². The van der Waals surface area contributed by atoms with Crippen LogP contribution in [0.1, 0.15) is 44.2 Å². The largest absolute Gasteiger partial charge is 0.321 e. The SMILES string of the molecule is CCCCCN1N=C(C(=O)Nc2ccccc2)CC1c1ccccc1F. The smallest absolute Gasteiger partial charge is 0.271 e. The van der Waals surface area contributed by atoms with Crippen LogP contribution < -0.4 is 5.32 Å². The van der Waals surface area contributed by atoms with E-state index in [0.717, 1.165) is 31.5 Å². The molecule has 1 unspecified atom stereocenters. The number of hydrogen-bond acceptors (Lipinski definition) is 3. The Kier molecular flexibility index (Phi) is 6.00. The van der Waals surface area contributed by atoms with Crippen molar-refractivity contribution in [2.75, 3.05) is 11.9 Å². The molecule has 2 aromatic carbocycles. The molecule has 1 heterocycles. The number of nitrogens with zero attached hydrogens (tertiary/aromatic N) is 2. The molecule has 1 N–H and O–H groups in total. The second kappa shape index (κ2) is 8.61. The van der Waals surface area contributed by atoms with E-state index in [1.165, 1.54) is 6.07 Å². The molecule has 0 aliphatic carbocycles. The molecule has 1 atom stereocenters. The number of unbranched alkanes of at least 4 members (excludes halogenated alkanes) is 2. The van der Waals surface area contributed by atoms with Gasteiger partial charge in [-0.1, -0.05) is 56.2 Å². The van der Waals surface area contributed by atoms with Crippen LogP contribution in [0.2, 0.25) is 0 Å². The molecule has 0 radical (unpaired) electrons. The summed E-state index contributed by atoms with van der Waals surface area (Å²) in [6.07, 6.45) is 3.56. The molecule has 0 bridgehead atoms. The van der Waals surface area contributed by atoms with Crippen molar-refractivity contribution in [2.24, 2.45) is 5.10 Å². The van der Waals surface area contributed by atoms with Crippen molar-refractivity contribution in [1.29, 1.82) is 0 Å². The average Bonchev–Trinajstić information content (AvgIpc) is 3.07. The lowest BCUT2D eigenvalue weighted by Gasteiger charge is -2.24. The van der Waals surface area contributed by atoms with E-state index < -0.39 is 0 Å². The predicted octanol–water partition coefficient (Wildman–Crippen LogP) is 4.76. The number of hydrazone groups is 1. The monoisotopic (exact) mass is 353 g/mol. The third-order valence-corrected chi connectivity index (χ3v) is 4.54. The minimum atomic E-state index is -0.252. The highest BCUT2D eigenvalue weighted by molar-refractivity contribution is 6.43. The first-order chi connectivity index (χ1) is 12.7. The molecule has 0 spiro atoms. The molecule has 1 amide bonds. The molecule has 26 heavy (non-hydrogen) atoms. The lowest BCUT2D eigenvalue weighted by Crippen LogP contribution is -2.22. The number of para-hydroxylation sites is 1. The normalized spacial score (nSPS) is 16.5. The lowest BCUT2D eigenvalue weighted by atomic mass is 10.0. The molecule has 3 rings (SSSR count). The molecule has 1 aliphatic rings. The standard InChI is InChI=1S/C21H24FN3O/c1-2-3-9-14-25-20(17-12-7-8-13-18(17)22)15-19(24-25)21(26)23-16-10-5-4-6-11-16/h4-8,10-13,20H,2-3,9,14-15H2,1H3,(H,23,26). The zero-order valence-electron chi connectivity index (χ0n) is 15.0. The van der Waals surface area contributed by atoms with Crippen LogP contribution in [0, 0.1) is 5.82 Å². The van der Waals surface area contributed by atoms with Crippen molar-refractivity contribution in [3.05, 3.63) is 66.0 Å². The number of hydrogen-bond donors (Lipinski definition) is 1. The van der Waals surface area contributed by atoms with Crippen molar-refractivity contribution in [2.45, 2.75) is 38.6 Å². The van der Waals surface area contributed by atoms with Gasteiger partial charge in [0, 0.05) is 24.2 Å². The summed E-state index contributed by atoms with van der Waals surface area (Å²) in [5.41, 5.74) is 1.76. The third-order valence-electron chi connectivity index (χ3n) is 4.54. The number of amides is 1. The zero-order chi connectivity index (χ0) is 18.4. The van der Waals surface area contributed by atoms with Gasteiger partial charge in [-0.25, -0.2) is 4.39 Å². The number of halogens is 1. The van der Waals surface area contributed by atoms with E-state index in [1.54, 1.807) is 12.1 Å². The Morgan fingerprint density at radius 2 is 1.88 bits per heavy atom. The van der Waals surface area contributed by atoms with E-state index in [4.69, 9.17) is 0 Å². The summed E-state index contributed by atoms with van der Waals surface area (Å²) >= 11 is 0. The van der Waals surface area contributed by atoms with E-state index in [9.17, 15) is 9.18 Å². The highest BCUT2D eigenvalue weighted by Gasteiger charge is 2.32. The summed E-state index contributed by atoms with van der Waals surface area (Å²) in [6, 6.07) is 15.8. The summed E-state index contributed by atoms with van der Waals surface area (Å²) < 4.78 is 14.3. The maximum atomic E-state index is 14.3. The zero-order valence-corrected chi connectivity index (χ0v) is 15.0. The molecule has 0 fully saturated rings. The van der Waals surface area contributed by atoms with Gasteiger partial charge in [0.05, 0.1) is 6.04 Å². The van der Waals surface area contributed by atoms with Crippen LogP contribution in [0.4, 0.5) is 10.1 Å². The second-order valence-electron chi connectivity index (χ2n) is 6.48. The Balaban J connectivity index is 1.77. The minimum Gasteiger partial charge on any atom is -0.321 e. The van der Waals surface area contributed by atoms with Crippen molar-refractivity contribution in [3.63, 3.8) is 0 Å².